The van der Waals surface area contributed by atoms with E-state index in [4.69, 9.17) is 10.5 Å². The summed E-state index contributed by atoms with van der Waals surface area (Å²) in [5, 5.41) is 2.97. The lowest BCUT2D eigenvalue weighted by Crippen LogP contribution is -2.41. The average molecular weight is 278 g/mol. The molecule has 1 rings (SSSR count). The number of carbonyl (C=O) groups is 1. The smallest absolute Gasteiger partial charge is 0.231 e. The topological polar surface area (TPSA) is 64.3 Å². The van der Waals surface area contributed by atoms with Crippen LogP contribution in [0.3, 0.4) is 0 Å². The van der Waals surface area contributed by atoms with Gasteiger partial charge in [0.15, 0.2) is 0 Å². The van der Waals surface area contributed by atoms with E-state index in [1.807, 2.05) is 38.1 Å². The van der Waals surface area contributed by atoms with Crippen molar-refractivity contribution in [3.8, 4) is 5.75 Å². The normalized spacial score (nSPS) is 11.2. The Morgan fingerprint density at radius 3 is 2.45 bits per heavy atom. The van der Waals surface area contributed by atoms with E-state index in [0.717, 1.165) is 19.3 Å². The summed E-state index contributed by atoms with van der Waals surface area (Å²) in [5.41, 5.74) is 6.02. The van der Waals surface area contributed by atoms with Crippen molar-refractivity contribution in [2.24, 2.45) is 11.1 Å². The minimum atomic E-state index is -0.502. The molecule has 0 aliphatic rings. The van der Waals surface area contributed by atoms with Gasteiger partial charge in [0.05, 0.1) is 17.7 Å². The number of nitrogens with two attached hydrogens (primary N) is 1. The molecule has 0 unspecified atom stereocenters. The molecule has 0 saturated carbocycles. The highest BCUT2D eigenvalue weighted by Gasteiger charge is 2.33. The molecule has 0 spiro atoms. The molecule has 1 aromatic carbocycles. The van der Waals surface area contributed by atoms with Crippen molar-refractivity contribution < 1.29 is 9.53 Å². The van der Waals surface area contributed by atoms with E-state index in [0.29, 0.717) is 24.6 Å². The van der Waals surface area contributed by atoms with Gasteiger partial charge in [-0.15, -0.1) is 0 Å². The molecule has 0 heterocycles. The van der Waals surface area contributed by atoms with Crippen molar-refractivity contribution in [2.75, 3.05) is 18.5 Å². The van der Waals surface area contributed by atoms with Gasteiger partial charge in [-0.1, -0.05) is 32.9 Å². The second kappa shape index (κ2) is 7.90. The molecule has 0 fully saturated rings. The zero-order chi connectivity index (χ0) is 15.0. The second-order valence-corrected chi connectivity index (χ2v) is 4.99. The SMILES string of the molecule is CCCOc1ccccc1NC(=O)C(CC)(CC)CN. The Labute approximate surface area is 121 Å². The van der Waals surface area contributed by atoms with E-state index in [-0.39, 0.29) is 5.91 Å². The van der Waals surface area contributed by atoms with Crippen molar-refractivity contribution in [3.63, 3.8) is 0 Å². The number of anilines is 1. The van der Waals surface area contributed by atoms with Gasteiger partial charge in [0.2, 0.25) is 5.91 Å². The van der Waals surface area contributed by atoms with Gasteiger partial charge in [0, 0.05) is 6.54 Å². The molecule has 4 nitrogen and oxygen atoms in total. The molecule has 0 radical (unpaired) electrons. The van der Waals surface area contributed by atoms with Gasteiger partial charge in [-0.05, 0) is 31.4 Å². The molecule has 1 amide bonds. The third-order valence-electron chi connectivity index (χ3n) is 3.82. The minimum absolute atomic E-state index is 0.0300. The Bertz CT molecular complexity index is 420. The van der Waals surface area contributed by atoms with Gasteiger partial charge < -0.3 is 15.8 Å². The maximum atomic E-state index is 12.5. The van der Waals surface area contributed by atoms with Crippen molar-refractivity contribution in [2.45, 2.75) is 40.0 Å². The summed E-state index contributed by atoms with van der Waals surface area (Å²) in [6, 6.07) is 7.51. The van der Waals surface area contributed by atoms with Gasteiger partial charge in [-0.25, -0.2) is 0 Å². The number of para-hydroxylation sites is 2. The average Bonchev–Trinajstić information content (AvgIpc) is 2.49. The number of benzene rings is 1. The number of hydrogen-bond acceptors (Lipinski definition) is 3. The van der Waals surface area contributed by atoms with Crippen LogP contribution in [0.5, 0.6) is 5.75 Å². The molecule has 0 aliphatic carbocycles. The second-order valence-electron chi connectivity index (χ2n) is 4.99. The van der Waals surface area contributed by atoms with Crippen LogP contribution in [0, 0.1) is 5.41 Å². The van der Waals surface area contributed by atoms with Gasteiger partial charge in [-0.3, -0.25) is 4.79 Å². The molecule has 1 aromatic rings. The zero-order valence-corrected chi connectivity index (χ0v) is 12.7. The van der Waals surface area contributed by atoms with E-state index in [1.165, 1.54) is 0 Å². The van der Waals surface area contributed by atoms with Crippen LogP contribution in [0.1, 0.15) is 40.0 Å². The quantitative estimate of drug-likeness (QED) is 0.767. The van der Waals surface area contributed by atoms with Crippen LogP contribution < -0.4 is 15.8 Å². The van der Waals surface area contributed by atoms with Gasteiger partial charge in [-0.2, -0.15) is 0 Å². The molecule has 0 saturated heterocycles. The Morgan fingerprint density at radius 1 is 1.25 bits per heavy atom. The number of hydrogen-bond donors (Lipinski definition) is 2. The summed E-state index contributed by atoms with van der Waals surface area (Å²) in [7, 11) is 0. The van der Waals surface area contributed by atoms with Crippen molar-refractivity contribution >= 4 is 11.6 Å². The number of ether oxygens (including phenoxy) is 1. The van der Waals surface area contributed by atoms with Crippen LogP contribution in [0.4, 0.5) is 5.69 Å². The molecule has 0 aromatic heterocycles. The highest BCUT2D eigenvalue weighted by atomic mass is 16.5. The Balaban J connectivity index is 2.89. The summed E-state index contributed by atoms with van der Waals surface area (Å²) in [6.45, 7) is 7.03. The lowest BCUT2D eigenvalue weighted by molar-refractivity contribution is -0.125. The highest BCUT2D eigenvalue weighted by Crippen LogP contribution is 2.30. The number of amides is 1. The number of carbonyl (C=O) groups excluding carboxylic acids is 1. The molecule has 0 atom stereocenters. The maximum Gasteiger partial charge on any atom is 0.231 e. The lowest BCUT2D eigenvalue weighted by atomic mass is 9.81. The monoisotopic (exact) mass is 278 g/mol. The van der Waals surface area contributed by atoms with E-state index < -0.39 is 5.41 Å². The maximum absolute atomic E-state index is 12.5. The van der Waals surface area contributed by atoms with Crippen LogP contribution >= 0.6 is 0 Å². The molecule has 4 heteroatoms. The molecule has 3 N–H and O–H groups in total. The molecule has 0 aliphatic heterocycles. The fourth-order valence-corrected chi connectivity index (χ4v) is 2.12. The van der Waals surface area contributed by atoms with E-state index in [2.05, 4.69) is 12.2 Å². The first kappa shape index (κ1) is 16.5. The number of nitrogens with one attached hydrogen (secondary N) is 1. The number of rotatable bonds is 8. The summed E-state index contributed by atoms with van der Waals surface area (Å²) in [5.74, 6) is 0.679. The fourth-order valence-electron chi connectivity index (χ4n) is 2.12. The first-order valence-corrected chi connectivity index (χ1v) is 7.36. The van der Waals surface area contributed by atoms with Crippen molar-refractivity contribution in [3.05, 3.63) is 24.3 Å². The van der Waals surface area contributed by atoms with Crippen LogP contribution in [0.2, 0.25) is 0 Å². The molecular formula is C16H26N2O2. The van der Waals surface area contributed by atoms with E-state index >= 15 is 0 Å². The van der Waals surface area contributed by atoms with Crippen LogP contribution in [0.15, 0.2) is 24.3 Å². The first-order valence-electron chi connectivity index (χ1n) is 7.36. The van der Waals surface area contributed by atoms with Crippen LogP contribution in [-0.4, -0.2) is 19.1 Å². The highest BCUT2D eigenvalue weighted by molar-refractivity contribution is 5.96. The van der Waals surface area contributed by atoms with Gasteiger partial charge in [0.1, 0.15) is 5.75 Å². The Kier molecular flexibility index (Phi) is 6.52. The largest absolute Gasteiger partial charge is 0.491 e. The summed E-state index contributed by atoms with van der Waals surface area (Å²) in [6.07, 6.45) is 2.38. The summed E-state index contributed by atoms with van der Waals surface area (Å²) in [4.78, 5) is 12.5. The molecule has 0 bridgehead atoms. The van der Waals surface area contributed by atoms with Gasteiger partial charge >= 0.3 is 0 Å². The third kappa shape index (κ3) is 3.73. The van der Waals surface area contributed by atoms with Crippen molar-refractivity contribution in [1.82, 2.24) is 0 Å². The fraction of sp³-hybridized carbons (Fsp3) is 0.562. The Morgan fingerprint density at radius 2 is 1.90 bits per heavy atom. The first-order chi connectivity index (χ1) is 9.63. The summed E-state index contributed by atoms with van der Waals surface area (Å²) >= 11 is 0. The third-order valence-corrected chi connectivity index (χ3v) is 3.82. The molecule has 112 valence electrons. The zero-order valence-electron chi connectivity index (χ0n) is 12.7. The Hall–Kier alpha value is -1.55. The molecule has 20 heavy (non-hydrogen) atoms. The van der Waals surface area contributed by atoms with Gasteiger partial charge in [0.25, 0.3) is 0 Å². The van der Waals surface area contributed by atoms with E-state index in [9.17, 15) is 4.79 Å². The van der Waals surface area contributed by atoms with E-state index in [1.54, 1.807) is 0 Å². The molecular weight excluding hydrogens is 252 g/mol. The lowest BCUT2D eigenvalue weighted by Gasteiger charge is -2.28. The summed E-state index contributed by atoms with van der Waals surface area (Å²) < 4.78 is 5.65. The minimum Gasteiger partial charge on any atom is -0.491 e. The predicted molar refractivity (Wildman–Crippen MR) is 82.9 cm³/mol. The van der Waals surface area contributed by atoms with Crippen LogP contribution in [-0.2, 0) is 4.79 Å². The van der Waals surface area contributed by atoms with Crippen LogP contribution in [0.25, 0.3) is 0 Å². The standard InChI is InChI=1S/C16H26N2O2/c1-4-11-20-14-10-8-7-9-13(14)18-15(19)16(5-2,6-3)12-17/h7-10H,4-6,11-12,17H2,1-3H3,(H,18,19). The van der Waals surface area contributed by atoms with Crippen molar-refractivity contribution in [1.29, 1.82) is 0 Å². The predicted octanol–water partition coefficient (Wildman–Crippen LogP) is 3.18.